The van der Waals surface area contributed by atoms with Crippen molar-refractivity contribution in [3.63, 3.8) is 0 Å². The summed E-state index contributed by atoms with van der Waals surface area (Å²) in [4.78, 5) is 8.08. The summed E-state index contributed by atoms with van der Waals surface area (Å²) >= 11 is 0. The van der Waals surface area contributed by atoms with Crippen LogP contribution < -0.4 is 0 Å². The van der Waals surface area contributed by atoms with E-state index in [1.165, 1.54) is 20.4 Å². The summed E-state index contributed by atoms with van der Waals surface area (Å²) in [7, 11) is -2.34. The topological polar surface area (TPSA) is 83.8 Å². The molecule has 0 amide bonds. The van der Waals surface area contributed by atoms with Crippen LogP contribution in [0.5, 0.6) is 0 Å². The summed E-state index contributed by atoms with van der Waals surface area (Å²) in [5, 5.41) is 7.00. The molecule has 0 aromatic heterocycles. The van der Waals surface area contributed by atoms with E-state index in [-0.39, 0.29) is 0 Å². The molecule has 0 saturated heterocycles. The van der Waals surface area contributed by atoms with E-state index >= 15 is 0 Å². The van der Waals surface area contributed by atoms with Crippen LogP contribution >= 0.6 is 14.7 Å². The molecule has 0 aliphatic heterocycles. The van der Waals surface area contributed by atoms with Crippen molar-refractivity contribution in [2.75, 3.05) is 40.9 Å². The fraction of sp³-hybridized carbons (Fsp3) is 1.00. The molecule has 0 aliphatic rings. The minimum atomic E-state index is -2.64. The lowest BCUT2D eigenvalue weighted by Crippen LogP contribution is -1.74. The number of aliphatic hydroxyl groups excluding tert-OH is 1. The first kappa shape index (κ1) is 19.0. The normalized spacial score (nSPS) is 10.5. The molecule has 0 saturated carbocycles. The predicted octanol–water partition coefficient (Wildman–Crippen LogP) is 1.30. The fourth-order valence-electron chi connectivity index (χ4n) is 0. The largest absolute Gasteiger partial charge is 0.400 e. The Bertz CT molecular complexity index is 171. The summed E-state index contributed by atoms with van der Waals surface area (Å²) in [5.74, 6) is 0. The molecule has 13 heavy (non-hydrogen) atoms. The van der Waals surface area contributed by atoms with Crippen LogP contribution in [0, 0.1) is 0 Å². The van der Waals surface area contributed by atoms with Crippen molar-refractivity contribution >= 4 is 14.7 Å². The quantitative estimate of drug-likeness (QED) is 0.668. The molecule has 0 aromatic rings. The highest BCUT2D eigenvalue weighted by molar-refractivity contribution is 7.57. The maximum atomic E-state index is 10.4. The highest BCUT2D eigenvalue weighted by Crippen LogP contribution is 2.35. The van der Waals surface area contributed by atoms with Crippen molar-refractivity contribution < 1.29 is 23.7 Å². The Kier molecular flexibility index (Phi) is 13.0. The Labute approximate surface area is 80.0 Å². The molecule has 0 aliphatic carbocycles. The van der Waals surface area contributed by atoms with Crippen LogP contribution in [0.3, 0.4) is 0 Å². The summed E-state index contributed by atoms with van der Waals surface area (Å²) in [5.41, 5.74) is 0. The Morgan fingerprint density at radius 3 is 1.08 bits per heavy atom. The molecule has 5 nitrogen and oxygen atoms in total. The zero-order valence-corrected chi connectivity index (χ0v) is 10.8. The standard InChI is InChI=1S/C3H9O2P.C2H7O2P.CH4O/c1-5-6(2,3)4;1-5(2,3)4;1-2/h1-3H3;1-2H3,(H,3,4);2H,1H3. The van der Waals surface area contributed by atoms with Gasteiger partial charge in [-0.15, -0.1) is 0 Å². The minimum Gasteiger partial charge on any atom is -0.400 e. The van der Waals surface area contributed by atoms with Crippen molar-refractivity contribution in [2.24, 2.45) is 0 Å². The first-order valence-corrected chi connectivity index (χ1v) is 8.47. The van der Waals surface area contributed by atoms with E-state index in [1.807, 2.05) is 0 Å². The third kappa shape index (κ3) is 118. The first-order valence-electron chi connectivity index (χ1n) is 3.39. The van der Waals surface area contributed by atoms with Crippen LogP contribution in [0.2, 0.25) is 0 Å². The van der Waals surface area contributed by atoms with Gasteiger partial charge in [-0.3, -0.25) is 9.13 Å². The SMILES string of the molecule is CO.COP(C)(C)=O.CP(C)(=O)O. The van der Waals surface area contributed by atoms with Gasteiger partial charge in [0.15, 0.2) is 14.7 Å². The van der Waals surface area contributed by atoms with Gasteiger partial charge in [-0.1, -0.05) is 0 Å². The maximum absolute atomic E-state index is 10.4. The summed E-state index contributed by atoms with van der Waals surface area (Å²) in [6, 6.07) is 0. The van der Waals surface area contributed by atoms with Crippen molar-refractivity contribution in [3.8, 4) is 0 Å². The van der Waals surface area contributed by atoms with Crippen LogP contribution in [0.25, 0.3) is 0 Å². The Balaban J connectivity index is -0.000000131. The van der Waals surface area contributed by atoms with Crippen molar-refractivity contribution in [3.05, 3.63) is 0 Å². The van der Waals surface area contributed by atoms with Gasteiger partial charge in [0.1, 0.15) is 0 Å². The van der Waals surface area contributed by atoms with E-state index in [0.29, 0.717) is 0 Å². The van der Waals surface area contributed by atoms with Gasteiger partial charge in [0.2, 0.25) is 0 Å². The average molecular weight is 234 g/mol. The summed E-state index contributed by atoms with van der Waals surface area (Å²) < 4.78 is 24.6. The Morgan fingerprint density at radius 1 is 1.00 bits per heavy atom. The van der Waals surface area contributed by atoms with E-state index in [1.54, 1.807) is 13.3 Å². The minimum absolute atomic E-state index is 1.00. The van der Waals surface area contributed by atoms with Gasteiger partial charge in [0, 0.05) is 40.9 Å². The van der Waals surface area contributed by atoms with Crippen LogP contribution in [0.4, 0.5) is 0 Å². The second-order valence-electron chi connectivity index (χ2n) is 2.73. The average Bonchev–Trinajstić information content (AvgIpc) is 1.87. The summed E-state index contributed by atoms with van der Waals surface area (Å²) in [6.07, 6.45) is 0. The van der Waals surface area contributed by atoms with E-state index in [0.717, 1.165) is 7.11 Å². The molecular weight excluding hydrogens is 214 g/mol. The molecule has 7 heteroatoms. The molecule has 0 rings (SSSR count). The summed E-state index contributed by atoms with van der Waals surface area (Å²) in [6.45, 7) is 5.75. The zero-order chi connectivity index (χ0) is 11.7. The molecule has 0 spiro atoms. The molecule has 0 radical (unpaired) electrons. The van der Waals surface area contributed by atoms with E-state index in [4.69, 9.17) is 10.00 Å². The zero-order valence-electron chi connectivity index (χ0n) is 9.01. The predicted molar refractivity (Wildman–Crippen MR) is 56.3 cm³/mol. The number of hydrogen-bond acceptors (Lipinski definition) is 4. The van der Waals surface area contributed by atoms with Gasteiger partial charge in [-0.25, -0.2) is 0 Å². The second kappa shape index (κ2) is 8.92. The van der Waals surface area contributed by atoms with Crippen molar-refractivity contribution in [1.82, 2.24) is 0 Å². The Hall–Kier alpha value is 0.340. The smallest absolute Gasteiger partial charge is 0.196 e. The molecular formula is C6H20O5P2. The van der Waals surface area contributed by atoms with Crippen molar-refractivity contribution in [2.45, 2.75) is 0 Å². The monoisotopic (exact) mass is 234 g/mol. The van der Waals surface area contributed by atoms with Crippen molar-refractivity contribution in [1.29, 1.82) is 0 Å². The molecule has 0 fully saturated rings. The van der Waals surface area contributed by atoms with Crippen LogP contribution in [0.1, 0.15) is 0 Å². The lowest BCUT2D eigenvalue weighted by atomic mass is 11.8. The van der Waals surface area contributed by atoms with Crippen LogP contribution in [0.15, 0.2) is 0 Å². The molecule has 0 heterocycles. The molecule has 2 N–H and O–H groups in total. The number of hydrogen-bond donors (Lipinski definition) is 2. The highest BCUT2D eigenvalue weighted by atomic mass is 31.2. The first-order chi connectivity index (χ1) is 5.56. The third-order valence-corrected chi connectivity index (χ3v) is 1.32. The fourth-order valence-corrected chi connectivity index (χ4v) is 0. The lowest BCUT2D eigenvalue weighted by molar-refractivity contribution is 0.399. The van der Waals surface area contributed by atoms with Crippen LogP contribution in [-0.2, 0) is 13.7 Å². The van der Waals surface area contributed by atoms with Gasteiger partial charge >= 0.3 is 0 Å². The van der Waals surface area contributed by atoms with Gasteiger partial charge < -0.3 is 14.5 Å². The number of rotatable bonds is 1. The third-order valence-electron chi connectivity index (χ3n) is 0.440. The van der Waals surface area contributed by atoms with Gasteiger partial charge in [0.25, 0.3) is 0 Å². The Morgan fingerprint density at radius 2 is 1.08 bits per heavy atom. The lowest BCUT2D eigenvalue weighted by Gasteiger charge is -1.98. The second-order valence-corrected chi connectivity index (χ2v) is 8.19. The van der Waals surface area contributed by atoms with Gasteiger partial charge in [-0.2, -0.15) is 0 Å². The van der Waals surface area contributed by atoms with E-state index in [2.05, 4.69) is 4.52 Å². The van der Waals surface area contributed by atoms with Crippen LogP contribution in [-0.4, -0.2) is 50.9 Å². The molecule has 0 bridgehead atoms. The van der Waals surface area contributed by atoms with Gasteiger partial charge in [0.05, 0.1) is 0 Å². The van der Waals surface area contributed by atoms with Gasteiger partial charge in [-0.05, 0) is 0 Å². The molecule has 0 atom stereocenters. The van der Waals surface area contributed by atoms with E-state index < -0.39 is 14.7 Å². The molecule has 0 unspecified atom stereocenters. The van der Waals surface area contributed by atoms with E-state index in [9.17, 15) is 9.13 Å². The molecule has 84 valence electrons. The molecule has 0 aromatic carbocycles. The highest BCUT2D eigenvalue weighted by Gasteiger charge is 1.99. The maximum Gasteiger partial charge on any atom is 0.196 e. The number of aliphatic hydroxyl groups is 1.